The van der Waals surface area contributed by atoms with Gasteiger partial charge < -0.3 is 15.4 Å². The molecular formula is C13H16F3N3O. The topological polar surface area (TPSA) is 62.3 Å². The van der Waals surface area contributed by atoms with Crippen molar-refractivity contribution < 1.29 is 17.9 Å². The van der Waals surface area contributed by atoms with Gasteiger partial charge in [-0.2, -0.15) is 13.2 Å². The number of anilines is 1. The van der Waals surface area contributed by atoms with E-state index in [9.17, 15) is 13.2 Å². The van der Waals surface area contributed by atoms with E-state index < -0.39 is 11.7 Å². The summed E-state index contributed by atoms with van der Waals surface area (Å²) in [5.41, 5.74) is 5.22. The third-order valence-corrected chi connectivity index (χ3v) is 3.45. The van der Waals surface area contributed by atoms with Gasteiger partial charge in [0.2, 0.25) is 0 Å². The van der Waals surface area contributed by atoms with Crippen LogP contribution in [0, 0.1) is 5.41 Å². The summed E-state index contributed by atoms with van der Waals surface area (Å²) < 4.78 is 43.4. The number of nitrogens with two attached hydrogens (primary N) is 1. The van der Waals surface area contributed by atoms with E-state index in [4.69, 9.17) is 15.9 Å². The van der Waals surface area contributed by atoms with Gasteiger partial charge in [-0.25, -0.2) is 0 Å². The molecular weight excluding hydrogens is 271 g/mol. The summed E-state index contributed by atoms with van der Waals surface area (Å²) in [7, 11) is 1.77. The largest absolute Gasteiger partial charge is 0.416 e. The number of nitrogen functional groups attached to an aromatic ring is 1. The molecule has 110 valence electrons. The zero-order valence-corrected chi connectivity index (χ0v) is 11.0. The van der Waals surface area contributed by atoms with Crippen molar-refractivity contribution >= 4 is 11.5 Å². The fraction of sp³-hybridized carbons (Fsp3) is 0.462. The molecule has 0 radical (unpaired) electrons. The molecule has 0 bridgehead atoms. The molecule has 0 amide bonds. The second-order valence-electron chi connectivity index (χ2n) is 4.77. The number of hydrogen-bond acceptors (Lipinski definition) is 3. The van der Waals surface area contributed by atoms with Crippen LogP contribution in [0.4, 0.5) is 18.9 Å². The lowest BCUT2D eigenvalue weighted by Gasteiger charge is -2.28. The van der Waals surface area contributed by atoms with Crippen LogP contribution in [0.15, 0.2) is 18.2 Å². The quantitative estimate of drug-likeness (QED) is 0.662. The monoisotopic (exact) mass is 287 g/mol. The van der Waals surface area contributed by atoms with E-state index >= 15 is 0 Å². The fourth-order valence-corrected chi connectivity index (χ4v) is 2.26. The molecule has 2 rings (SSSR count). The average Bonchev–Trinajstić information content (AvgIpc) is 2.89. The predicted octanol–water partition coefficient (Wildman–Crippen LogP) is 2.21. The molecule has 1 aliphatic heterocycles. The molecule has 1 unspecified atom stereocenters. The van der Waals surface area contributed by atoms with Gasteiger partial charge in [0.05, 0.1) is 18.2 Å². The lowest BCUT2D eigenvalue weighted by molar-refractivity contribution is -0.137. The third kappa shape index (κ3) is 2.87. The van der Waals surface area contributed by atoms with Gasteiger partial charge in [0, 0.05) is 24.9 Å². The third-order valence-electron chi connectivity index (χ3n) is 3.45. The van der Waals surface area contributed by atoms with Crippen LogP contribution >= 0.6 is 0 Å². The molecule has 1 fully saturated rings. The van der Waals surface area contributed by atoms with Crippen molar-refractivity contribution in [3.8, 4) is 0 Å². The molecule has 0 spiro atoms. The van der Waals surface area contributed by atoms with Crippen LogP contribution in [0.2, 0.25) is 0 Å². The van der Waals surface area contributed by atoms with Gasteiger partial charge in [-0.05, 0) is 24.6 Å². The number of ether oxygens (including phenoxy) is 1. The SMILES string of the molecule is CN(c1ccc(C(F)(F)F)cc1C(=N)N)C1CCOC1. The van der Waals surface area contributed by atoms with E-state index in [0.717, 1.165) is 18.6 Å². The molecule has 1 aliphatic rings. The Morgan fingerprint density at radius 2 is 2.15 bits per heavy atom. The number of likely N-dealkylation sites (N-methyl/N-ethyl adjacent to an activating group) is 1. The first-order chi connectivity index (χ1) is 9.30. The van der Waals surface area contributed by atoms with Crippen LogP contribution in [0.1, 0.15) is 17.5 Å². The first kappa shape index (κ1) is 14.6. The Kier molecular flexibility index (Phi) is 3.89. The van der Waals surface area contributed by atoms with Crippen LogP contribution in [-0.4, -0.2) is 32.1 Å². The van der Waals surface area contributed by atoms with Crippen molar-refractivity contribution in [1.82, 2.24) is 0 Å². The number of alkyl halides is 3. The Morgan fingerprint density at radius 1 is 1.45 bits per heavy atom. The molecule has 1 atom stereocenters. The summed E-state index contributed by atoms with van der Waals surface area (Å²) >= 11 is 0. The first-order valence-electron chi connectivity index (χ1n) is 6.17. The number of nitrogens with one attached hydrogen (secondary N) is 1. The summed E-state index contributed by atoms with van der Waals surface area (Å²) in [4.78, 5) is 1.82. The van der Waals surface area contributed by atoms with Crippen molar-refractivity contribution in [2.45, 2.75) is 18.6 Å². The minimum Gasteiger partial charge on any atom is -0.384 e. The summed E-state index contributed by atoms with van der Waals surface area (Å²) in [5.74, 6) is -0.378. The van der Waals surface area contributed by atoms with Gasteiger partial charge >= 0.3 is 6.18 Å². The number of rotatable bonds is 3. The van der Waals surface area contributed by atoms with Crippen LogP contribution in [0.3, 0.4) is 0 Å². The van der Waals surface area contributed by atoms with Crippen molar-refractivity contribution in [1.29, 1.82) is 5.41 Å². The predicted molar refractivity (Wildman–Crippen MR) is 70.1 cm³/mol. The van der Waals surface area contributed by atoms with Crippen molar-refractivity contribution in [2.75, 3.05) is 25.2 Å². The van der Waals surface area contributed by atoms with Crippen molar-refractivity contribution in [3.63, 3.8) is 0 Å². The van der Waals surface area contributed by atoms with Crippen LogP contribution in [-0.2, 0) is 10.9 Å². The van der Waals surface area contributed by atoms with Gasteiger partial charge in [0.25, 0.3) is 0 Å². The molecule has 1 aromatic rings. The summed E-state index contributed by atoms with van der Waals surface area (Å²) in [5, 5.41) is 7.49. The average molecular weight is 287 g/mol. The number of halogens is 3. The molecule has 7 heteroatoms. The Labute approximate surface area is 114 Å². The van der Waals surface area contributed by atoms with E-state index in [0.29, 0.717) is 18.9 Å². The van der Waals surface area contributed by atoms with Gasteiger partial charge in [-0.1, -0.05) is 0 Å². The smallest absolute Gasteiger partial charge is 0.384 e. The molecule has 0 aromatic heterocycles. The summed E-state index contributed by atoms with van der Waals surface area (Å²) in [6.07, 6.45) is -3.65. The standard InChI is InChI=1S/C13H16F3N3O/c1-19(9-4-5-20-7-9)11-3-2-8(13(14,15)16)6-10(11)12(17)18/h2-3,6,9H,4-5,7H2,1H3,(H3,17,18). The highest BCUT2D eigenvalue weighted by molar-refractivity contribution is 6.00. The van der Waals surface area contributed by atoms with Gasteiger partial charge in [-0.3, -0.25) is 5.41 Å². The normalized spacial score (nSPS) is 19.1. The highest BCUT2D eigenvalue weighted by Gasteiger charge is 2.32. The Bertz CT molecular complexity index is 510. The second-order valence-corrected chi connectivity index (χ2v) is 4.77. The zero-order valence-electron chi connectivity index (χ0n) is 11.0. The highest BCUT2D eigenvalue weighted by atomic mass is 19.4. The van der Waals surface area contributed by atoms with Crippen LogP contribution in [0.5, 0.6) is 0 Å². The van der Waals surface area contributed by atoms with Gasteiger partial charge in [0.15, 0.2) is 0 Å². The number of hydrogen-bond donors (Lipinski definition) is 2. The number of amidine groups is 1. The van der Waals surface area contributed by atoms with E-state index in [1.165, 1.54) is 6.07 Å². The molecule has 0 aliphatic carbocycles. The van der Waals surface area contributed by atoms with Gasteiger partial charge in [-0.15, -0.1) is 0 Å². The first-order valence-corrected chi connectivity index (χ1v) is 6.17. The molecule has 4 nitrogen and oxygen atoms in total. The Hall–Kier alpha value is -1.76. The maximum atomic E-state index is 12.7. The molecule has 3 N–H and O–H groups in total. The van der Waals surface area contributed by atoms with E-state index in [-0.39, 0.29) is 17.4 Å². The lowest BCUT2D eigenvalue weighted by Crippen LogP contribution is -2.33. The maximum Gasteiger partial charge on any atom is 0.416 e. The molecule has 20 heavy (non-hydrogen) atoms. The second kappa shape index (κ2) is 5.32. The Morgan fingerprint density at radius 3 is 2.65 bits per heavy atom. The summed E-state index contributed by atoms with van der Waals surface area (Å²) in [6, 6.07) is 3.38. The Balaban J connectivity index is 2.39. The lowest BCUT2D eigenvalue weighted by atomic mass is 10.0. The zero-order chi connectivity index (χ0) is 14.9. The molecule has 0 saturated carbocycles. The van der Waals surface area contributed by atoms with E-state index in [2.05, 4.69) is 0 Å². The minimum absolute atomic E-state index is 0.0878. The van der Waals surface area contributed by atoms with E-state index in [1.54, 1.807) is 7.05 Å². The number of nitrogens with zero attached hydrogens (tertiary/aromatic N) is 1. The van der Waals surface area contributed by atoms with Crippen LogP contribution in [0.25, 0.3) is 0 Å². The summed E-state index contributed by atoms with van der Waals surface area (Å²) in [6.45, 7) is 1.15. The van der Waals surface area contributed by atoms with Crippen molar-refractivity contribution in [3.05, 3.63) is 29.3 Å². The maximum absolute atomic E-state index is 12.7. The minimum atomic E-state index is -4.45. The van der Waals surface area contributed by atoms with E-state index in [1.807, 2.05) is 4.90 Å². The van der Waals surface area contributed by atoms with Gasteiger partial charge in [0.1, 0.15) is 5.84 Å². The molecule has 1 heterocycles. The highest BCUT2D eigenvalue weighted by Crippen LogP contribution is 2.33. The number of benzene rings is 1. The van der Waals surface area contributed by atoms with Crippen LogP contribution < -0.4 is 10.6 Å². The van der Waals surface area contributed by atoms with Crippen molar-refractivity contribution in [2.24, 2.45) is 5.73 Å². The molecule has 1 saturated heterocycles. The fourth-order valence-electron chi connectivity index (χ4n) is 2.26. The molecule has 1 aromatic carbocycles.